The molecule has 0 radical (unpaired) electrons. The fourth-order valence-electron chi connectivity index (χ4n) is 6.70. The highest BCUT2D eigenvalue weighted by atomic mass is 16.3. The van der Waals surface area contributed by atoms with Crippen LogP contribution in [-0.2, 0) is 0 Å². The van der Waals surface area contributed by atoms with Crippen LogP contribution in [0.15, 0.2) is 174 Å². The fraction of sp³-hybridized carbons (Fsp3) is 0. The first kappa shape index (κ1) is 20.9. The van der Waals surface area contributed by atoms with Gasteiger partial charge in [-0.25, -0.2) is 0 Å². The van der Waals surface area contributed by atoms with E-state index in [0.717, 1.165) is 65.7 Å². The second-order valence-electron chi connectivity index (χ2n) is 11.3. The third kappa shape index (κ3) is 4.24. The van der Waals surface area contributed by atoms with Crippen molar-refractivity contribution in [1.29, 1.82) is 0 Å². The van der Waals surface area contributed by atoms with Gasteiger partial charge < -0.3 is 4.42 Å². The van der Waals surface area contributed by atoms with Gasteiger partial charge in [0.05, 0.1) is 6.85 Å². The minimum Gasteiger partial charge on any atom is -0.456 e. The molecule has 210 valence electrons. The van der Waals surface area contributed by atoms with Gasteiger partial charge in [0.1, 0.15) is 11.2 Å². The first-order chi connectivity index (χ1) is 24.4. The van der Waals surface area contributed by atoms with Crippen molar-refractivity contribution in [3.63, 3.8) is 0 Å². The first-order valence-electron chi connectivity index (χ1n) is 17.5. The van der Waals surface area contributed by atoms with Crippen LogP contribution in [-0.4, -0.2) is 0 Å². The van der Waals surface area contributed by atoms with E-state index in [9.17, 15) is 0 Å². The Morgan fingerprint density at radius 2 is 0.889 bits per heavy atom. The summed E-state index contributed by atoms with van der Waals surface area (Å²) >= 11 is 0. The lowest BCUT2D eigenvalue weighted by Crippen LogP contribution is -1.90. The van der Waals surface area contributed by atoms with Crippen LogP contribution in [0.3, 0.4) is 0 Å². The third-order valence-corrected chi connectivity index (χ3v) is 8.76. The SMILES string of the molecule is [2H]c1c([2H])c([2H])c(-c2ccc3oc4ccc(-c5c6cccc(-c7ccccc7)c6cc6c(-c7ccccc7)cccc56)cc4c3c2)c([2H])c1[2H]. The lowest BCUT2D eigenvalue weighted by atomic mass is 9.86. The average molecular weight is 578 g/mol. The maximum Gasteiger partial charge on any atom is 0.135 e. The van der Waals surface area contributed by atoms with E-state index in [4.69, 9.17) is 11.3 Å². The molecule has 1 nitrogen and oxygen atoms in total. The molecule has 45 heavy (non-hydrogen) atoms. The van der Waals surface area contributed by atoms with Crippen LogP contribution in [0.25, 0.3) is 88.0 Å². The van der Waals surface area contributed by atoms with Gasteiger partial charge in [-0.2, -0.15) is 0 Å². The zero-order valence-corrected chi connectivity index (χ0v) is 24.2. The zero-order valence-electron chi connectivity index (χ0n) is 29.2. The van der Waals surface area contributed by atoms with Gasteiger partial charge in [-0.1, -0.05) is 139 Å². The standard InChI is InChI=1S/C44H28O/c1-4-12-29(13-5-1)32-22-24-42-40(26-32)41-27-33(23-25-43(41)45-42)44-36-20-10-18-34(30-14-6-2-7-15-30)38(36)28-39-35(19-11-21-37(39)44)31-16-8-3-9-17-31/h1-28H/i1D,4D,5D,12D,13D. The van der Waals surface area contributed by atoms with Gasteiger partial charge in [0.25, 0.3) is 0 Å². The predicted octanol–water partition coefficient (Wildman–Crippen LogP) is 12.6. The topological polar surface area (TPSA) is 13.1 Å². The molecule has 0 atom stereocenters. The monoisotopic (exact) mass is 577 g/mol. The molecule has 1 heteroatoms. The summed E-state index contributed by atoms with van der Waals surface area (Å²) in [6.45, 7) is 0. The maximum atomic E-state index is 8.57. The summed E-state index contributed by atoms with van der Waals surface area (Å²) < 4.78 is 47.9. The summed E-state index contributed by atoms with van der Waals surface area (Å²) in [6.07, 6.45) is 0. The molecule has 0 saturated heterocycles. The molecule has 0 fully saturated rings. The Morgan fingerprint density at radius 3 is 1.47 bits per heavy atom. The molecule has 1 aromatic heterocycles. The van der Waals surface area contributed by atoms with Crippen molar-refractivity contribution >= 4 is 43.5 Å². The average Bonchev–Trinajstić information content (AvgIpc) is 3.53. The van der Waals surface area contributed by atoms with Crippen molar-refractivity contribution in [3.05, 3.63) is 170 Å². The van der Waals surface area contributed by atoms with E-state index < -0.39 is 6.04 Å². The maximum absolute atomic E-state index is 8.57. The van der Waals surface area contributed by atoms with Crippen molar-refractivity contribution in [3.8, 4) is 44.5 Å². The van der Waals surface area contributed by atoms with E-state index >= 15 is 0 Å². The van der Waals surface area contributed by atoms with Gasteiger partial charge in [-0.3, -0.25) is 0 Å². The number of fused-ring (bicyclic) bond motifs is 5. The predicted molar refractivity (Wildman–Crippen MR) is 190 cm³/mol. The Kier molecular flexibility index (Phi) is 4.81. The van der Waals surface area contributed by atoms with Gasteiger partial charge in [0.2, 0.25) is 0 Å². The number of hydrogen-bond acceptors (Lipinski definition) is 1. The van der Waals surface area contributed by atoms with E-state index in [1.165, 1.54) is 0 Å². The van der Waals surface area contributed by atoms with Gasteiger partial charge in [-0.15, -0.1) is 0 Å². The summed E-state index contributed by atoms with van der Waals surface area (Å²) in [5, 5.41) is 6.28. The summed E-state index contributed by atoms with van der Waals surface area (Å²) in [6, 6.07) is 46.5. The van der Waals surface area contributed by atoms with Crippen LogP contribution in [0, 0.1) is 0 Å². The molecule has 0 bridgehead atoms. The number of furan rings is 1. The van der Waals surface area contributed by atoms with Gasteiger partial charge >= 0.3 is 0 Å². The molecule has 9 aromatic rings. The second kappa shape index (κ2) is 10.4. The van der Waals surface area contributed by atoms with E-state index in [0.29, 0.717) is 16.7 Å². The van der Waals surface area contributed by atoms with Crippen LogP contribution < -0.4 is 0 Å². The second-order valence-corrected chi connectivity index (χ2v) is 11.3. The van der Waals surface area contributed by atoms with E-state index in [2.05, 4.69) is 103 Å². The minimum absolute atomic E-state index is 0.172. The largest absolute Gasteiger partial charge is 0.456 e. The quantitative estimate of drug-likeness (QED) is 0.190. The molecule has 0 amide bonds. The van der Waals surface area contributed by atoms with Crippen LogP contribution >= 0.6 is 0 Å². The summed E-state index contributed by atoms with van der Waals surface area (Å²) in [4.78, 5) is 0. The lowest BCUT2D eigenvalue weighted by molar-refractivity contribution is 0.669. The highest BCUT2D eigenvalue weighted by Gasteiger charge is 2.17. The minimum atomic E-state index is -0.406. The van der Waals surface area contributed by atoms with Gasteiger partial charge in [0, 0.05) is 10.8 Å². The van der Waals surface area contributed by atoms with Gasteiger partial charge in [0.15, 0.2) is 0 Å². The molecule has 0 aliphatic rings. The Bertz CT molecular complexity index is 2680. The summed E-state index contributed by atoms with van der Waals surface area (Å²) in [7, 11) is 0. The van der Waals surface area contributed by atoms with Crippen molar-refractivity contribution in [1.82, 2.24) is 0 Å². The molecule has 0 saturated carbocycles. The molecule has 9 rings (SSSR count). The van der Waals surface area contributed by atoms with E-state index in [1.807, 2.05) is 30.3 Å². The molecular formula is C44H28O. The molecule has 0 spiro atoms. The first-order valence-corrected chi connectivity index (χ1v) is 15.0. The van der Waals surface area contributed by atoms with E-state index in [-0.39, 0.29) is 29.7 Å². The van der Waals surface area contributed by atoms with Crippen LogP contribution in [0.5, 0.6) is 0 Å². The normalized spacial score (nSPS) is 13.1. The van der Waals surface area contributed by atoms with Crippen molar-refractivity contribution in [2.75, 3.05) is 0 Å². The summed E-state index contributed by atoms with van der Waals surface area (Å²) in [5.74, 6) is 0. The number of rotatable bonds is 4. The molecule has 0 aliphatic carbocycles. The Balaban J connectivity index is 1.34. The van der Waals surface area contributed by atoms with Crippen molar-refractivity contribution in [2.45, 2.75) is 0 Å². The molecule has 8 aromatic carbocycles. The van der Waals surface area contributed by atoms with Gasteiger partial charge in [-0.05, 0) is 96.4 Å². The highest BCUT2D eigenvalue weighted by molar-refractivity contribution is 6.20. The molecule has 0 aliphatic heterocycles. The number of hydrogen-bond donors (Lipinski definition) is 0. The fourth-order valence-corrected chi connectivity index (χ4v) is 6.70. The molecule has 0 N–H and O–H groups in total. The Morgan fingerprint density at radius 1 is 0.356 bits per heavy atom. The molecular weight excluding hydrogens is 544 g/mol. The Hall–Kier alpha value is -5.92. The number of benzene rings is 8. The molecule has 0 unspecified atom stereocenters. The van der Waals surface area contributed by atoms with Crippen LogP contribution in [0.4, 0.5) is 0 Å². The molecule has 1 heterocycles. The lowest BCUT2D eigenvalue weighted by Gasteiger charge is -2.17. The Labute approximate surface area is 268 Å². The third-order valence-electron chi connectivity index (χ3n) is 8.76. The van der Waals surface area contributed by atoms with Crippen LogP contribution in [0.2, 0.25) is 0 Å². The smallest absolute Gasteiger partial charge is 0.135 e. The zero-order chi connectivity index (χ0) is 34.1. The van der Waals surface area contributed by atoms with Crippen molar-refractivity contribution in [2.24, 2.45) is 0 Å². The van der Waals surface area contributed by atoms with Crippen LogP contribution in [0.1, 0.15) is 6.85 Å². The highest BCUT2D eigenvalue weighted by Crippen LogP contribution is 2.44. The van der Waals surface area contributed by atoms with E-state index in [1.54, 1.807) is 6.07 Å². The summed E-state index contributed by atoms with van der Waals surface area (Å²) in [5.41, 5.74) is 8.85. The van der Waals surface area contributed by atoms with Crippen molar-refractivity contribution < 1.29 is 11.3 Å².